The number of hydrogen-bond acceptors (Lipinski definition) is 5. The van der Waals surface area contributed by atoms with Crippen molar-refractivity contribution in [2.75, 3.05) is 26.8 Å². The van der Waals surface area contributed by atoms with E-state index in [1.165, 1.54) is 0 Å². The molecule has 202 valence electrons. The van der Waals surface area contributed by atoms with Crippen molar-refractivity contribution in [2.24, 2.45) is 0 Å². The molecule has 0 unspecified atom stereocenters. The number of amides is 1. The molecule has 1 amide bonds. The maximum atomic E-state index is 13.3. The Balaban J connectivity index is 1.53. The molecule has 7 heteroatoms. The van der Waals surface area contributed by atoms with Gasteiger partial charge in [0, 0.05) is 6.54 Å². The third-order valence-electron chi connectivity index (χ3n) is 7.39. The number of aliphatic hydroxyl groups is 1. The van der Waals surface area contributed by atoms with Crippen LogP contribution in [0.3, 0.4) is 0 Å². The maximum absolute atomic E-state index is 13.3. The van der Waals surface area contributed by atoms with Gasteiger partial charge in [0.1, 0.15) is 6.04 Å². The quantitative estimate of drug-likeness (QED) is 0.415. The van der Waals surface area contributed by atoms with E-state index in [9.17, 15) is 9.90 Å². The van der Waals surface area contributed by atoms with Crippen LogP contribution >= 0.6 is 0 Å². The van der Waals surface area contributed by atoms with Gasteiger partial charge in [-0.3, -0.25) is 9.69 Å². The first-order valence-electron chi connectivity index (χ1n) is 13.3. The number of benzene rings is 3. The summed E-state index contributed by atoms with van der Waals surface area (Å²) in [6.45, 7) is 7.88. The van der Waals surface area contributed by atoms with Gasteiger partial charge in [0.2, 0.25) is 5.91 Å². The normalized spacial score (nSPS) is 21.1. The highest BCUT2D eigenvalue weighted by molar-refractivity contribution is 6.99. The molecule has 3 aromatic carbocycles. The molecule has 0 aliphatic carbocycles. The number of β-amino-alcohol motifs (C(OH)–C–C–N with tert-alkyl or cyclic N) is 1. The summed E-state index contributed by atoms with van der Waals surface area (Å²) in [6.07, 6.45) is -0.777. The molecule has 6 nitrogen and oxygen atoms in total. The second-order valence-corrected chi connectivity index (χ2v) is 15.4. The van der Waals surface area contributed by atoms with Crippen LogP contribution in [-0.2, 0) is 20.6 Å². The van der Waals surface area contributed by atoms with Gasteiger partial charge in [-0.05, 0) is 28.0 Å². The largest absolute Gasteiger partial charge is 0.405 e. The van der Waals surface area contributed by atoms with E-state index >= 15 is 0 Å². The summed E-state index contributed by atoms with van der Waals surface area (Å²) < 4.78 is 12.9. The number of ether oxygens (including phenoxy) is 1. The molecule has 0 saturated carbocycles. The van der Waals surface area contributed by atoms with Crippen LogP contribution in [0.2, 0.25) is 5.04 Å². The molecule has 1 saturated heterocycles. The van der Waals surface area contributed by atoms with Gasteiger partial charge in [0.25, 0.3) is 8.32 Å². The highest BCUT2D eigenvalue weighted by atomic mass is 28.4. The van der Waals surface area contributed by atoms with Crippen molar-refractivity contribution in [3.8, 4) is 0 Å². The lowest BCUT2D eigenvalue weighted by Gasteiger charge is -2.44. The van der Waals surface area contributed by atoms with E-state index in [-0.39, 0.29) is 24.2 Å². The van der Waals surface area contributed by atoms with Gasteiger partial charge >= 0.3 is 0 Å². The van der Waals surface area contributed by atoms with E-state index in [1.54, 1.807) is 0 Å². The smallest absolute Gasteiger partial charge is 0.261 e. The first-order chi connectivity index (χ1) is 18.2. The van der Waals surface area contributed by atoms with Gasteiger partial charge in [-0.1, -0.05) is 112 Å². The number of nitrogens with zero attached hydrogens (tertiary/aromatic N) is 1. The molecular weight excluding hydrogens is 492 g/mol. The topological polar surface area (TPSA) is 71.0 Å². The average molecular weight is 533 g/mol. The number of likely N-dealkylation sites (N-methyl/N-ethyl adjacent to an activating group) is 1. The zero-order valence-electron chi connectivity index (χ0n) is 22.8. The molecule has 1 aliphatic rings. The van der Waals surface area contributed by atoms with Gasteiger partial charge in [-0.2, -0.15) is 0 Å². The standard InChI is InChI=1S/C31H40N2O4Si/c1-31(2,3)38(25-16-10-6-11-17-25,26-18-12-7-13-19-26)37-22-27-29(34)20-33(4)28(30(35)32-27)23-36-21-24-14-8-5-9-15-24/h5-19,27-29,34H,20-23H2,1-4H3,(H,32,35)/t27-,28+,29+/m0/s1. The Labute approximate surface area is 227 Å². The number of rotatable bonds is 9. The van der Waals surface area contributed by atoms with Crippen molar-refractivity contribution in [1.82, 2.24) is 10.2 Å². The lowest BCUT2D eigenvalue weighted by Crippen LogP contribution is -2.67. The number of carbonyl (C=O) groups excluding carboxylic acids is 1. The highest BCUT2D eigenvalue weighted by Crippen LogP contribution is 2.37. The van der Waals surface area contributed by atoms with Crippen LogP contribution in [0.15, 0.2) is 91.0 Å². The Morgan fingerprint density at radius 1 is 0.895 bits per heavy atom. The van der Waals surface area contributed by atoms with Gasteiger partial charge in [-0.25, -0.2) is 0 Å². The number of hydrogen-bond donors (Lipinski definition) is 2. The van der Waals surface area contributed by atoms with Crippen molar-refractivity contribution < 1.29 is 19.1 Å². The van der Waals surface area contributed by atoms with Crippen molar-refractivity contribution in [1.29, 1.82) is 0 Å². The molecule has 1 fully saturated rings. The predicted molar refractivity (Wildman–Crippen MR) is 154 cm³/mol. The molecule has 38 heavy (non-hydrogen) atoms. The van der Waals surface area contributed by atoms with Gasteiger partial charge in [0.05, 0.1) is 32.0 Å². The minimum absolute atomic E-state index is 0.159. The van der Waals surface area contributed by atoms with Crippen LogP contribution in [0.5, 0.6) is 0 Å². The molecule has 1 aliphatic heterocycles. The van der Waals surface area contributed by atoms with Crippen molar-refractivity contribution in [2.45, 2.75) is 50.6 Å². The summed E-state index contributed by atoms with van der Waals surface area (Å²) in [6, 6.07) is 29.6. The average Bonchev–Trinajstić information content (AvgIpc) is 3.01. The Kier molecular flexibility index (Phi) is 9.18. The van der Waals surface area contributed by atoms with Crippen LogP contribution in [0.4, 0.5) is 0 Å². The highest BCUT2D eigenvalue weighted by Gasteiger charge is 2.51. The van der Waals surface area contributed by atoms with Gasteiger partial charge in [-0.15, -0.1) is 0 Å². The maximum Gasteiger partial charge on any atom is 0.261 e. The zero-order valence-corrected chi connectivity index (χ0v) is 23.8. The predicted octanol–water partition coefficient (Wildman–Crippen LogP) is 2.94. The molecule has 1 heterocycles. The Hall–Kier alpha value is -2.81. The Bertz CT molecular complexity index is 1120. The van der Waals surface area contributed by atoms with E-state index in [4.69, 9.17) is 9.16 Å². The molecule has 3 atom stereocenters. The third kappa shape index (κ3) is 6.25. The van der Waals surface area contributed by atoms with E-state index < -0.39 is 26.5 Å². The monoisotopic (exact) mass is 532 g/mol. The van der Waals surface area contributed by atoms with Crippen molar-refractivity contribution in [3.63, 3.8) is 0 Å². The lowest BCUT2D eigenvalue weighted by atomic mass is 10.2. The molecular formula is C31H40N2O4Si. The summed E-state index contributed by atoms with van der Waals surface area (Å²) in [5, 5.41) is 16.3. The molecule has 0 bridgehead atoms. The molecule has 0 aromatic heterocycles. The molecule has 0 spiro atoms. The third-order valence-corrected chi connectivity index (χ3v) is 12.4. The fourth-order valence-electron chi connectivity index (χ4n) is 5.32. The van der Waals surface area contributed by atoms with E-state index in [0.29, 0.717) is 13.2 Å². The van der Waals surface area contributed by atoms with E-state index in [2.05, 4.69) is 50.4 Å². The summed E-state index contributed by atoms with van der Waals surface area (Å²) in [7, 11) is -0.943. The first kappa shape index (κ1) is 28.2. The summed E-state index contributed by atoms with van der Waals surface area (Å²) >= 11 is 0. The molecule has 4 rings (SSSR count). The van der Waals surface area contributed by atoms with Crippen LogP contribution in [0.25, 0.3) is 0 Å². The molecule has 0 radical (unpaired) electrons. The minimum Gasteiger partial charge on any atom is -0.405 e. The first-order valence-corrected chi connectivity index (χ1v) is 15.2. The summed E-state index contributed by atoms with van der Waals surface area (Å²) in [5.74, 6) is -0.159. The van der Waals surface area contributed by atoms with Crippen LogP contribution < -0.4 is 15.7 Å². The fourth-order valence-corrected chi connectivity index (χ4v) is 9.90. The van der Waals surface area contributed by atoms with Crippen LogP contribution in [0.1, 0.15) is 26.3 Å². The van der Waals surface area contributed by atoms with Crippen LogP contribution in [-0.4, -0.2) is 69.2 Å². The van der Waals surface area contributed by atoms with E-state index in [0.717, 1.165) is 15.9 Å². The zero-order chi connectivity index (χ0) is 27.2. The number of carbonyl (C=O) groups is 1. The Morgan fingerprint density at radius 3 is 1.95 bits per heavy atom. The minimum atomic E-state index is -2.79. The van der Waals surface area contributed by atoms with Gasteiger partial charge in [0.15, 0.2) is 0 Å². The van der Waals surface area contributed by atoms with Crippen molar-refractivity contribution in [3.05, 3.63) is 96.6 Å². The second kappa shape index (κ2) is 12.4. The van der Waals surface area contributed by atoms with E-state index in [1.807, 2.05) is 78.7 Å². The second-order valence-electron chi connectivity index (χ2n) is 11.1. The summed E-state index contributed by atoms with van der Waals surface area (Å²) in [4.78, 5) is 15.2. The number of aliphatic hydroxyl groups excluding tert-OH is 1. The summed E-state index contributed by atoms with van der Waals surface area (Å²) in [5.41, 5.74) is 1.06. The van der Waals surface area contributed by atoms with Gasteiger partial charge < -0.3 is 19.6 Å². The SMILES string of the molecule is CN1C[C@@H](O)[C@H](CO[Si](c2ccccc2)(c2ccccc2)C(C)(C)C)NC(=O)[C@H]1COCc1ccccc1. The van der Waals surface area contributed by atoms with Crippen molar-refractivity contribution >= 4 is 24.6 Å². The fraction of sp³-hybridized carbons (Fsp3) is 0.387. The molecule has 3 aromatic rings. The Morgan fingerprint density at radius 2 is 1.42 bits per heavy atom. The van der Waals surface area contributed by atoms with Crippen LogP contribution in [0, 0.1) is 0 Å². The molecule has 2 N–H and O–H groups in total. The lowest BCUT2D eigenvalue weighted by molar-refractivity contribution is -0.128. The number of nitrogens with one attached hydrogen (secondary N) is 1.